The fourth-order valence-corrected chi connectivity index (χ4v) is 5.76. The molecule has 0 spiro atoms. The molecule has 2 N–H and O–H groups in total. The van der Waals surface area contributed by atoms with Crippen molar-refractivity contribution in [2.75, 3.05) is 10.0 Å². The van der Waals surface area contributed by atoms with Crippen molar-refractivity contribution in [2.24, 2.45) is 0 Å². The Balaban J connectivity index is 1.39. The summed E-state index contributed by atoms with van der Waals surface area (Å²) in [6, 6.07) is 17.8. The lowest BCUT2D eigenvalue weighted by molar-refractivity contribution is 0.588. The summed E-state index contributed by atoms with van der Waals surface area (Å²) in [5.41, 5.74) is 2.53. The lowest BCUT2D eigenvalue weighted by atomic mass is 10.1. The number of hydrogen-bond acceptors (Lipinski definition) is 7. The van der Waals surface area contributed by atoms with Gasteiger partial charge >= 0.3 is 0 Å². The zero-order valence-corrected chi connectivity index (χ0v) is 22.0. The van der Waals surface area contributed by atoms with Gasteiger partial charge in [-0.05, 0) is 67.4 Å². The molecule has 0 aliphatic rings. The molecule has 0 amide bonds. The summed E-state index contributed by atoms with van der Waals surface area (Å²) < 4.78 is 60.7. The Labute approximate surface area is 227 Å². The molecule has 0 fully saturated rings. The molecule has 0 aliphatic carbocycles. The first kappa shape index (κ1) is 25.3. The second-order valence-electron chi connectivity index (χ2n) is 9.08. The van der Waals surface area contributed by atoms with Crippen LogP contribution in [0.4, 0.5) is 26.0 Å². The van der Waals surface area contributed by atoms with Gasteiger partial charge in [-0.25, -0.2) is 37.1 Å². The highest BCUT2D eigenvalue weighted by molar-refractivity contribution is 7.92. The lowest BCUT2D eigenvalue weighted by Gasteiger charge is -2.15. The summed E-state index contributed by atoms with van der Waals surface area (Å²) in [5, 5.41) is 2.66. The van der Waals surface area contributed by atoms with Crippen LogP contribution in [-0.4, -0.2) is 32.9 Å². The van der Waals surface area contributed by atoms with Gasteiger partial charge in [-0.1, -0.05) is 24.3 Å². The van der Waals surface area contributed by atoms with Gasteiger partial charge in [-0.3, -0.25) is 9.29 Å². The summed E-state index contributed by atoms with van der Waals surface area (Å²) in [7, 11) is -4.16. The number of rotatable bonds is 6. The third-order valence-corrected chi connectivity index (χ3v) is 8.10. The number of nitrogens with zero attached hydrogens (tertiary/aromatic N) is 5. The Morgan fingerprint density at radius 1 is 0.850 bits per heavy atom. The number of nitrogens with one attached hydrogen (secondary N) is 2. The number of halogens is 2. The standard InChI is InChI=1S/C28H21F2N7O2S/c1-16-6-5-9-23(17(16)2)40(38,39)36-20-11-10-18(29)26(25(20)30)35-28-27-21(31-14-32-28)12-13-24(34-27)37-15-33-19-7-3-4-8-22(19)37/h3-15,36H,1-2H3,(H,31,32,35). The van der Waals surface area contributed by atoms with E-state index in [1.165, 1.54) is 12.4 Å². The van der Waals surface area contributed by atoms with Crippen molar-refractivity contribution in [1.82, 2.24) is 24.5 Å². The predicted octanol–water partition coefficient (Wildman–Crippen LogP) is 5.80. The number of imidazole rings is 1. The van der Waals surface area contributed by atoms with Crippen LogP contribution in [0, 0.1) is 25.5 Å². The maximum absolute atomic E-state index is 15.6. The molecular weight excluding hydrogens is 536 g/mol. The normalized spacial score (nSPS) is 11.7. The Morgan fingerprint density at radius 3 is 2.52 bits per heavy atom. The summed E-state index contributed by atoms with van der Waals surface area (Å²) in [4.78, 5) is 17.4. The van der Waals surface area contributed by atoms with Crippen LogP contribution in [0.3, 0.4) is 0 Å². The molecule has 0 aliphatic heterocycles. The highest BCUT2D eigenvalue weighted by Crippen LogP contribution is 2.32. The first-order chi connectivity index (χ1) is 19.2. The fourth-order valence-electron chi connectivity index (χ4n) is 4.38. The van der Waals surface area contributed by atoms with Gasteiger partial charge in [-0.2, -0.15) is 0 Å². The molecule has 6 aromatic rings. The van der Waals surface area contributed by atoms with Crippen LogP contribution in [0.5, 0.6) is 0 Å². The maximum Gasteiger partial charge on any atom is 0.262 e. The quantitative estimate of drug-likeness (QED) is 0.266. The summed E-state index contributed by atoms with van der Waals surface area (Å²) in [6.45, 7) is 3.43. The molecule has 0 unspecified atom stereocenters. The number of aryl methyl sites for hydroxylation is 1. The van der Waals surface area contributed by atoms with Gasteiger partial charge in [-0.15, -0.1) is 0 Å². The van der Waals surface area contributed by atoms with E-state index in [2.05, 4.69) is 30.0 Å². The van der Waals surface area contributed by atoms with Gasteiger partial charge in [0.2, 0.25) is 0 Å². The number of fused-ring (bicyclic) bond motifs is 2. The SMILES string of the molecule is Cc1cccc(S(=O)(=O)Nc2ccc(F)c(Nc3ncnc4ccc(-n5cnc6ccccc65)nc34)c2F)c1C. The molecule has 3 aromatic heterocycles. The van der Waals surface area contributed by atoms with Gasteiger partial charge < -0.3 is 5.32 Å². The lowest BCUT2D eigenvalue weighted by Crippen LogP contribution is -2.16. The molecule has 3 aromatic carbocycles. The van der Waals surface area contributed by atoms with Crippen LogP contribution in [0.15, 0.2) is 84.3 Å². The highest BCUT2D eigenvalue weighted by atomic mass is 32.2. The van der Waals surface area contributed by atoms with Crippen molar-refractivity contribution < 1.29 is 17.2 Å². The molecule has 0 bridgehead atoms. The van der Waals surface area contributed by atoms with Crippen LogP contribution in [0.2, 0.25) is 0 Å². The molecule has 40 heavy (non-hydrogen) atoms. The van der Waals surface area contributed by atoms with E-state index in [1.54, 1.807) is 49.0 Å². The Hall–Kier alpha value is -4.97. The summed E-state index contributed by atoms with van der Waals surface area (Å²) >= 11 is 0. The van der Waals surface area contributed by atoms with E-state index in [0.29, 0.717) is 16.9 Å². The zero-order valence-electron chi connectivity index (χ0n) is 21.2. The molecule has 0 radical (unpaired) electrons. The largest absolute Gasteiger partial charge is 0.333 e. The van der Waals surface area contributed by atoms with E-state index in [-0.39, 0.29) is 16.2 Å². The van der Waals surface area contributed by atoms with Crippen LogP contribution in [0.1, 0.15) is 11.1 Å². The van der Waals surface area contributed by atoms with Crippen LogP contribution < -0.4 is 10.0 Å². The summed E-state index contributed by atoms with van der Waals surface area (Å²) in [6.07, 6.45) is 2.86. The van der Waals surface area contributed by atoms with Crippen molar-refractivity contribution in [1.29, 1.82) is 0 Å². The third-order valence-electron chi connectivity index (χ3n) is 6.59. The number of anilines is 3. The number of pyridine rings is 1. The smallest absolute Gasteiger partial charge is 0.262 e. The van der Waals surface area contributed by atoms with Gasteiger partial charge in [0, 0.05) is 0 Å². The van der Waals surface area contributed by atoms with E-state index in [1.807, 2.05) is 24.3 Å². The van der Waals surface area contributed by atoms with Gasteiger partial charge in [0.05, 0.1) is 27.1 Å². The zero-order chi connectivity index (χ0) is 28.0. The van der Waals surface area contributed by atoms with E-state index >= 15 is 4.39 Å². The molecular formula is C28H21F2N7O2S. The van der Waals surface area contributed by atoms with Crippen molar-refractivity contribution in [3.63, 3.8) is 0 Å². The molecule has 9 nitrogen and oxygen atoms in total. The number of aromatic nitrogens is 5. The first-order valence-corrected chi connectivity index (χ1v) is 13.6. The van der Waals surface area contributed by atoms with Gasteiger partial charge in [0.15, 0.2) is 11.6 Å². The second-order valence-corrected chi connectivity index (χ2v) is 10.7. The molecule has 0 atom stereocenters. The van der Waals surface area contributed by atoms with Crippen LogP contribution in [0.25, 0.3) is 27.9 Å². The van der Waals surface area contributed by atoms with Gasteiger partial charge in [0.1, 0.15) is 35.5 Å². The molecule has 6 rings (SSSR count). The van der Waals surface area contributed by atoms with Gasteiger partial charge in [0.25, 0.3) is 10.0 Å². The Kier molecular flexibility index (Phi) is 6.11. The molecule has 200 valence electrons. The molecule has 0 saturated heterocycles. The topological polar surface area (TPSA) is 115 Å². The second kappa shape index (κ2) is 9.65. The van der Waals surface area contributed by atoms with E-state index in [9.17, 15) is 12.8 Å². The number of benzene rings is 3. The van der Waals surface area contributed by atoms with Crippen LogP contribution >= 0.6 is 0 Å². The number of hydrogen-bond donors (Lipinski definition) is 2. The van der Waals surface area contributed by atoms with Crippen molar-refractivity contribution in [3.8, 4) is 5.82 Å². The molecule has 3 heterocycles. The van der Waals surface area contributed by atoms with E-state index in [4.69, 9.17) is 0 Å². The molecule has 0 saturated carbocycles. The van der Waals surface area contributed by atoms with Crippen molar-refractivity contribution in [3.05, 3.63) is 102 Å². The fraction of sp³-hybridized carbons (Fsp3) is 0.0714. The maximum atomic E-state index is 15.6. The van der Waals surface area contributed by atoms with Crippen molar-refractivity contribution in [2.45, 2.75) is 18.7 Å². The highest BCUT2D eigenvalue weighted by Gasteiger charge is 2.23. The number of sulfonamides is 1. The summed E-state index contributed by atoms with van der Waals surface area (Å²) in [5.74, 6) is -1.56. The average Bonchev–Trinajstić information content (AvgIpc) is 3.38. The Morgan fingerprint density at radius 2 is 1.68 bits per heavy atom. The minimum Gasteiger partial charge on any atom is -0.333 e. The third kappa shape index (κ3) is 4.37. The first-order valence-electron chi connectivity index (χ1n) is 12.1. The minimum atomic E-state index is -4.16. The monoisotopic (exact) mass is 557 g/mol. The van der Waals surface area contributed by atoms with E-state index in [0.717, 1.165) is 28.7 Å². The predicted molar refractivity (Wildman–Crippen MR) is 148 cm³/mol. The minimum absolute atomic E-state index is 0.00344. The Bertz CT molecular complexity index is 2040. The average molecular weight is 558 g/mol. The van der Waals surface area contributed by atoms with Crippen molar-refractivity contribution >= 4 is 49.3 Å². The van der Waals surface area contributed by atoms with E-state index < -0.39 is 33.0 Å². The number of para-hydroxylation sites is 2. The molecule has 12 heteroatoms. The van der Waals surface area contributed by atoms with Crippen LogP contribution in [-0.2, 0) is 10.0 Å².